The van der Waals surface area contributed by atoms with Gasteiger partial charge in [-0.3, -0.25) is 9.69 Å². The smallest absolute Gasteiger partial charge is 0.225 e. The van der Waals surface area contributed by atoms with E-state index in [1.54, 1.807) is 6.26 Å². The molecule has 1 aliphatic carbocycles. The van der Waals surface area contributed by atoms with Crippen LogP contribution in [0.5, 0.6) is 0 Å². The van der Waals surface area contributed by atoms with Crippen LogP contribution in [0, 0.1) is 5.92 Å². The molecular weight excluding hydrogens is 266 g/mol. The van der Waals surface area contributed by atoms with E-state index in [4.69, 9.17) is 10.2 Å². The van der Waals surface area contributed by atoms with Crippen molar-refractivity contribution in [1.82, 2.24) is 9.80 Å². The Morgan fingerprint density at radius 3 is 2.52 bits per heavy atom. The van der Waals surface area contributed by atoms with Crippen LogP contribution in [0.1, 0.15) is 31.4 Å². The number of nitrogens with zero attached hydrogens (tertiary/aromatic N) is 2. The lowest BCUT2D eigenvalue weighted by Gasteiger charge is -2.37. The predicted molar refractivity (Wildman–Crippen MR) is 80.5 cm³/mol. The first-order valence-corrected chi connectivity index (χ1v) is 8.01. The average molecular weight is 291 g/mol. The Morgan fingerprint density at radius 1 is 1.19 bits per heavy atom. The van der Waals surface area contributed by atoms with Gasteiger partial charge >= 0.3 is 0 Å². The summed E-state index contributed by atoms with van der Waals surface area (Å²) in [7, 11) is 0. The van der Waals surface area contributed by atoms with Crippen molar-refractivity contribution < 1.29 is 9.21 Å². The fourth-order valence-corrected chi connectivity index (χ4v) is 3.37. The van der Waals surface area contributed by atoms with Crippen LogP contribution in [-0.2, 0) is 11.3 Å². The van der Waals surface area contributed by atoms with Crippen LogP contribution in [-0.4, -0.2) is 47.9 Å². The molecule has 1 aromatic rings. The highest BCUT2D eigenvalue weighted by Gasteiger charge is 2.30. The lowest BCUT2D eigenvalue weighted by Crippen LogP contribution is -2.50. The van der Waals surface area contributed by atoms with Crippen molar-refractivity contribution in [3.05, 3.63) is 24.2 Å². The molecule has 1 aromatic heterocycles. The summed E-state index contributed by atoms with van der Waals surface area (Å²) in [4.78, 5) is 16.9. The van der Waals surface area contributed by atoms with E-state index in [-0.39, 0.29) is 5.92 Å². The SMILES string of the molecule is NC1CCC(C(=O)N2CCN(Cc3ccco3)CC2)CC1. The summed E-state index contributed by atoms with van der Waals surface area (Å²) in [6, 6.07) is 4.23. The topological polar surface area (TPSA) is 62.7 Å². The van der Waals surface area contributed by atoms with Gasteiger partial charge in [0.15, 0.2) is 0 Å². The van der Waals surface area contributed by atoms with Gasteiger partial charge in [0.2, 0.25) is 5.91 Å². The molecule has 1 amide bonds. The molecule has 116 valence electrons. The first-order chi connectivity index (χ1) is 10.2. The predicted octanol–water partition coefficient (Wildman–Crippen LogP) is 1.44. The van der Waals surface area contributed by atoms with Crippen molar-refractivity contribution in [2.24, 2.45) is 11.7 Å². The summed E-state index contributed by atoms with van der Waals surface area (Å²) in [5.74, 6) is 1.55. The third-order valence-corrected chi connectivity index (χ3v) is 4.76. The minimum Gasteiger partial charge on any atom is -0.468 e. The summed E-state index contributed by atoms with van der Waals surface area (Å²) < 4.78 is 5.38. The molecule has 1 saturated carbocycles. The summed E-state index contributed by atoms with van der Waals surface area (Å²) in [5.41, 5.74) is 5.92. The lowest BCUT2D eigenvalue weighted by atomic mass is 9.85. The molecular formula is C16H25N3O2. The molecule has 1 aliphatic heterocycles. The van der Waals surface area contributed by atoms with Crippen LogP contribution in [0.2, 0.25) is 0 Å². The molecule has 2 N–H and O–H groups in total. The lowest BCUT2D eigenvalue weighted by molar-refractivity contribution is -0.138. The van der Waals surface area contributed by atoms with Gasteiger partial charge in [-0.05, 0) is 37.8 Å². The van der Waals surface area contributed by atoms with Crippen LogP contribution < -0.4 is 5.73 Å². The second kappa shape index (κ2) is 6.62. The monoisotopic (exact) mass is 291 g/mol. The van der Waals surface area contributed by atoms with Gasteiger partial charge in [-0.15, -0.1) is 0 Å². The molecule has 0 unspecified atom stereocenters. The van der Waals surface area contributed by atoms with Gasteiger partial charge in [0.25, 0.3) is 0 Å². The number of nitrogens with two attached hydrogens (primary N) is 1. The number of carbonyl (C=O) groups is 1. The van der Waals surface area contributed by atoms with Crippen LogP contribution >= 0.6 is 0 Å². The normalized spacial score (nSPS) is 27.8. The zero-order valence-electron chi connectivity index (χ0n) is 12.5. The molecule has 21 heavy (non-hydrogen) atoms. The van der Waals surface area contributed by atoms with E-state index >= 15 is 0 Å². The quantitative estimate of drug-likeness (QED) is 0.915. The Labute approximate surface area is 126 Å². The Bertz CT molecular complexity index is 444. The van der Waals surface area contributed by atoms with E-state index in [1.807, 2.05) is 17.0 Å². The Kier molecular flexibility index (Phi) is 4.60. The summed E-state index contributed by atoms with van der Waals surface area (Å²) in [6.07, 6.45) is 5.63. The van der Waals surface area contributed by atoms with Gasteiger partial charge in [-0.1, -0.05) is 0 Å². The zero-order valence-corrected chi connectivity index (χ0v) is 12.5. The number of hydrogen-bond donors (Lipinski definition) is 1. The zero-order chi connectivity index (χ0) is 14.7. The van der Waals surface area contributed by atoms with Crippen molar-refractivity contribution in [2.75, 3.05) is 26.2 Å². The van der Waals surface area contributed by atoms with Crippen LogP contribution in [0.4, 0.5) is 0 Å². The van der Waals surface area contributed by atoms with Crippen molar-refractivity contribution >= 4 is 5.91 Å². The van der Waals surface area contributed by atoms with E-state index in [1.165, 1.54) is 0 Å². The number of carbonyl (C=O) groups excluding carboxylic acids is 1. The Hall–Kier alpha value is -1.33. The van der Waals surface area contributed by atoms with E-state index in [0.29, 0.717) is 11.9 Å². The highest BCUT2D eigenvalue weighted by atomic mass is 16.3. The molecule has 0 spiro atoms. The van der Waals surface area contributed by atoms with E-state index in [0.717, 1.165) is 64.2 Å². The van der Waals surface area contributed by atoms with Gasteiger partial charge in [-0.25, -0.2) is 0 Å². The van der Waals surface area contributed by atoms with Crippen LogP contribution in [0.25, 0.3) is 0 Å². The van der Waals surface area contributed by atoms with E-state index in [9.17, 15) is 4.79 Å². The molecule has 5 nitrogen and oxygen atoms in total. The molecule has 2 fully saturated rings. The molecule has 0 atom stereocenters. The van der Waals surface area contributed by atoms with Crippen molar-refractivity contribution in [2.45, 2.75) is 38.3 Å². The van der Waals surface area contributed by atoms with E-state index < -0.39 is 0 Å². The number of hydrogen-bond acceptors (Lipinski definition) is 4. The average Bonchev–Trinajstić information content (AvgIpc) is 3.01. The van der Waals surface area contributed by atoms with Gasteiger partial charge in [0, 0.05) is 38.1 Å². The standard InChI is InChI=1S/C16H25N3O2/c17-14-5-3-13(4-6-14)16(20)19-9-7-18(8-10-19)12-15-2-1-11-21-15/h1-2,11,13-14H,3-10,12,17H2. The number of rotatable bonds is 3. The maximum atomic E-state index is 12.5. The fraction of sp³-hybridized carbons (Fsp3) is 0.688. The third-order valence-electron chi connectivity index (χ3n) is 4.76. The maximum absolute atomic E-state index is 12.5. The number of amides is 1. The van der Waals surface area contributed by atoms with Crippen LogP contribution in [0.3, 0.4) is 0 Å². The van der Waals surface area contributed by atoms with Crippen molar-refractivity contribution in [1.29, 1.82) is 0 Å². The number of piperazine rings is 1. The minimum absolute atomic E-state index is 0.210. The van der Waals surface area contributed by atoms with Gasteiger partial charge in [0.05, 0.1) is 12.8 Å². The Morgan fingerprint density at radius 2 is 1.90 bits per heavy atom. The fourth-order valence-electron chi connectivity index (χ4n) is 3.37. The first-order valence-electron chi connectivity index (χ1n) is 8.01. The molecule has 0 radical (unpaired) electrons. The van der Waals surface area contributed by atoms with E-state index in [2.05, 4.69) is 4.90 Å². The molecule has 0 bridgehead atoms. The summed E-state index contributed by atoms with van der Waals surface area (Å²) >= 11 is 0. The largest absolute Gasteiger partial charge is 0.468 e. The number of furan rings is 1. The second-order valence-corrected chi connectivity index (χ2v) is 6.29. The summed E-state index contributed by atoms with van der Waals surface area (Å²) in [6.45, 7) is 4.37. The van der Waals surface area contributed by atoms with Gasteiger partial charge < -0.3 is 15.1 Å². The molecule has 3 rings (SSSR count). The Balaban J connectivity index is 1.45. The molecule has 2 aliphatic rings. The van der Waals surface area contributed by atoms with Crippen molar-refractivity contribution in [3.63, 3.8) is 0 Å². The molecule has 0 aromatic carbocycles. The minimum atomic E-state index is 0.210. The van der Waals surface area contributed by atoms with Gasteiger partial charge in [-0.2, -0.15) is 0 Å². The molecule has 2 heterocycles. The van der Waals surface area contributed by atoms with Crippen molar-refractivity contribution in [3.8, 4) is 0 Å². The third kappa shape index (κ3) is 3.66. The summed E-state index contributed by atoms with van der Waals surface area (Å²) in [5, 5.41) is 0. The maximum Gasteiger partial charge on any atom is 0.225 e. The van der Waals surface area contributed by atoms with Gasteiger partial charge in [0.1, 0.15) is 5.76 Å². The molecule has 1 saturated heterocycles. The van der Waals surface area contributed by atoms with Crippen LogP contribution in [0.15, 0.2) is 22.8 Å². The highest BCUT2D eigenvalue weighted by molar-refractivity contribution is 5.79. The second-order valence-electron chi connectivity index (χ2n) is 6.29. The first kappa shape index (κ1) is 14.6. The highest BCUT2D eigenvalue weighted by Crippen LogP contribution is 2.25. The molecule has 5 heteroatoms.